The van der Waals surface area contributed by atoms with Crippen LogP contribution in [0.5, 0.6) is 0 Å². The lowest BCUT2D eigenvalue weighted by Gasteiger charge is -2.11. The molecule has 0 heterocycles. The molecule has 0 fully saturated rings. The number of anilines is 2. The minimum atomic E-state index is -0.237. The highest BCUT2D eigenvalue weighted by Gasteiger charge is 2.10. The zero-order valence-electron chi connectivity index (χ0n) is 10.7. The Morgan fingerprint density at radius 1 is 1.28 bits per heavy atom. The topological polar surface area (TPSA) is 84.2 Å². The summed E-state index contributed by atoms with van der Waals surface area (Å²) in [7, 11) is 0. The predicted octanol–water partition coefficient (Wildman–Crippen LogP) is 1.57. The summed E-state index contributed by atoms with van der Waals surface area (Å²) in [5.41, 5.74) is 6.74. The van der Waals surface area contributed by atoms with Crippen LogP contribution in [0.15, 0.2) is 24.3 Å². The SMILES string of the molecule is CCC(=O)Nc1cccc(NC(=O)C(C)CN)c1. The van der Waals surface area contributed by atoms with Gasteiger partial charge in [-0.3, -0.25) is 9.59 Å². The summed E-state index contributed by atoms with van der Waals surface area (Å²) < 4.78 is 0. The fraction of sp³-hybridized carbons (Fsp3) is 0.385. The number of benzene rings is 1. The van der Waals surface area contributed by atoms with Crippen LogP contribution in [0.2, 0.25) is 0 Å². The summed E-state index contributed by atoms with van der Waals surface area (Å²) in [5, 5.41) is 5.49. The number of rotatable bonds is 5. The first kappa shape index (κ1) is 14.2. The van der Waals surface area contributed by atoms with E-state index in [1.54, 1.807) is 38.1 Å². The van der Waals surface area contributed by atoms with Crippen LogP contribution < -0.4 is 16.4 Å². The molecule has 0 saturated heterocycles. The second-order valence-electron chi connectivity index (χ2n) is 4.11. The van der Waals surface area contributed by atoms with Crippen LogP contribution in [0, 0.1) is 5.92 Å². The molecule has 98 valence electrons. The Hall–Kier alpha value is -1.88. The number of nitrogens with one attached hydrogen (secondary N) is 2. The predicted molar refractivity (Wildman–Crippen MR) is 72.2 cm³/mol. The highest BCUT2D eigenvalue weighted by molar-refractivity contribution is 5.94. The lowest BCUT2D eigenvalue weighted by atomic mass is 10.1. The molecule has 0 saturated carbocycles. The molecule has 18 heavy (non-hydrogen) atoms. The number of amides is 2. The average molecular weight is 249 g/mol. The zero-order chi connectivity index (χ0) is 13.5. The lowest BCUT2D eigenvalue weighted by Crippen LogP contribution is -2.26. The molecule has 1 atom stereocenters. The van der Waals surface area contributed by atoms with Gasteiger partial charge >= 0.3 is 0 Å². The number of nitrogens with two attached hydrogens (primary N) is 1. The van der Waals surface area contributed by atoms with Crippen molar-refractivity contribution >= 4 is 23.2 Å². The van der Waals surface area contributed by atoms with Gasteiger partial charge in [0.25, 0.3) is 0 Å². The Balaban J connectivity index is 2.70. The molecule has 2 amide bonds. The highest BCUT2D eigenvalue weighted by atomic mass is 16.2. The summed E-state index contributed by atoms with van der Waals surface area (Å²) in [6.07, 6.45) is 0.417. The van der Waals surface area contributed by atoms with Crippen LogP contribution in [-0.4, -0.2) is 18.4 Å². The smallest absolute Gasteiger partial charge is 0.228 e. The van der Waals surface area contributed by atoms with E-state index < -0.39 is 0 Å². The van der Waals surface area contributed by atoms with Gasteiger partial charge in [0, 0.05) is 30.3 Å². The van der Waals surface area contributed by atoms with Crippen LogP contribution in [0.25, 0.3) is 0 Å². The summed E-state index contributed by atoms with van der Waals surface area (Å²) in [4.78, 5) is 22.9. The summed E-state index contributed by atoms with van der Waals surface area (Å²) in [6, 6.07) is 7.03. The van der Waals surface area contributed by atoms with Crippen molar-refractivity contribution in [3.05, 3.63) is 24.3 Å². The Kier molecular flexibility index (Phi) is 5.32. The van der Waals surface area contributed by atoms with E-state index >= 15 is 0 Å². The highest BCUT2D eigenvalue weighted by Crippen LogP contribution is 2.16. The lowest BCUT2D eigenvalue weighted by molar-refractivity contribution is -0.119. The molecule has 0 spiro atoms. The normalized spacial score (nSPS) is 11.7. The molecule has 4 N–H and O–H groups in total. The van der Waals surface area contributed by atoms with E-state index in [2.05, 4.69) is 10.6 Å². The third kappa shape index (κ3) is 4.18. The summed E-state index contributed by atoms with van der Waals surface area (Å²) in [5.74, 6) is -0.427. The quantitative estimate of drug-likeness (QED) is 0.740. The molecular formula is C13H19N3O2. The van der Waals surface area contributed by atoms with Crippen molar-refractivity contribution in [2.45, 2.75) is 20.3 Å². The molecule has 0 aliphatic heterocycles. The van der Waals surface area contributed by atoms with Crippen molar-refractivity contribution in [2.24, 2.45) is 11.7 Å². The van der Waals surface area contributed by atoms with Crippen molar-refractivity contribution in [1.29, 1.82) is 0 Å². The molecule has 0 bridgehead atoms. The third-order valence-electron chi connectivity index (χ3n) is 2.54. The number of hydrogen-bond acceptors (Lipinski definition) is 3. The zero-order valence-corrected chi connectivity index (χ0v) is 10.7. The van der Waals surface area contributed by atoms with Crippen molar-refractivity contribution in [2.75, 3.05) is 17.2 Å². The van der Waals surface area contributed by atoms with Crippen LogP contribution in [0.1, 0.15) is 20.3 Å². The Morgan fingerprint density at radius 3 is 2.44 bits per heavy atom. The van der Waals surface area contributed by atoms with Crippen LogP contribution >= 0.6 is 0 Å². The van der Waals surface area contributed by atoms with Gasteiger partial charge in [0.1, 0.15) is 0 Å². The second-order valence-corrected chi connectivity index (χ2v) is 4.11. The summed E-state index contributed by atoms with van der Waals surface area (Å²) >= 11 is 0. The van der Waals surface area contributed by atoms with Crippen molar-refractivity contribution in [1.82, 2.24) is 0 Å². The maximum atomic E-state index is 11.7. The summed E-state index contributed by atoms with van der Waals surface area (Å²) in [6.45, 7) is 3.85. The fourth-order valence-electron chi connectivity index (χ4n) is 1.30. The molecule has 0 aliphatic rings. The molecule has 1 aromatic rings. The molecule has 0 aliphatic carbocycles. The van der Waals surface area contributed by atoms with E-state index in [1.807, 2.05) is 0 Å². The maximum Gasteiger partial charge on any atom is 0.228 e. The van der Waals surface area contributed by atoms with Gasteiger partial charge in [-0.15, -0.1) is 0 Å². The van der Waals surface area contributed by atoms with Crippen LogP contribution in [0.3, 0.4) is 0 Å². The molecule has 0 radical (unpaired) electrons. The number of carbonyl (C=O) groups excluding carboxylic acids is 2. The van der Waals surface area contributed by atoms with E-state index in [9.17, 15) is 9.59 Å². The van der Waals surface area contributed by atoms with Crippen molar-refractivity contribution in [3.8, 4) is 0 Å². The number of hydrogen-bond donors (Lipinski definition) is 3. The van der Waals surface area contributed by atoms with Crippen LogP contribution in [0.4, 0.5) is 11.4 Å². The van der Waals surface area contributed by atoms with E-state index in [4.69, 9.17) is 5.73 Å². The van der Waals surface area contributed by atoms with E-state index in [1.165, 1.54) is 0 Å². The first-order valence-corrected chi connectivity index (χ1v) is 5.97. The van der Waals surface area contributed by atoms with Gasteiger partial charge in [-0.2, -0.15) is 0 Å². The second kappa shape index (κ2) is 6.76. The third-order valence-corrected chi connectivity index (χ3v) is 2.54. The van der Waals surface area contributed by atoms with Gasteiger partial charge in [0.15, 0.2) is 0 Å². The molecular weight excluding hydrogens is 230 g/mol. The van der Waals surface area contributed by atoms with Gasteiger partial charge < -0.3 is 16.4 Å². The molecule has 1 rings (SSSR count). The Bertz CT molecular complexity index is 432. The molecule has 5 heteroatoms. The standard InChI is InChI=1S/C13H19N3O2/c1-3-12(17)15-10-5-4-6-11(7-10)16-13(18)9(2)8-14/h4-7,9H,3,8,14H2,1-2H3,(H,15,17)(H,16,18). The minimum Gasteiger partial charge on any atom is -0.330 e. The monoisotopic (exact) mass is 249 g/mol. The van der Waals surface area contributed by atoms with Crippen LogP contribution in [-0.2, 0) is 9.59 Å². The van der Waals surface area contributed by atoms with Gasteiger partial charge in [-0.25, -0.2) is 0 Å². The first-order chi connectivity index (χ1) is 8.56. The maximum absolute atomic E-state index is 11.7. The van der Waals surface area contributed by atoms with E-state index in [0.29, 0.717) is 24.3 Å². The van der Waals surface area contributed by atoms with Gasteiger partial charge in [0.05, 0.1) is 0 Å². The van der Waals surface area contributed by atoms with Gasteiger partial charge in [0.2, 0.25) is 11.8 Å². The molecule has 5 nitrogen and oxygen atoms in total. The van der Waals surface area contributed by atoms with E-state index in [-0.39, 0.29) is 17.7 Å². The van der Waals surface area contributed by atoms with Crippen molar-refractivity contribution in [3.63, 3.8) is 0 Å². The molecule has 1 unspecified atom stereocenters. The fourth-order valence-corrected chi connectivity index (χ4v) is 1.30. The van der Waals surface area contributed by atoms with E-state index in [0.717, 1.165) is 0 Å². The largest absolute Gasteiger partial charge is 0.330 e. The average Bonchev–Trinajstić information content (AvgIpc) is 2.37. The first-order valence-electron chi connectivity index (χ1n) is 5.97. The molecule has 0 aromatic heterocycles. The van der Waals surface area contributed by atoms with Gasteiger partial charge in [-0.1, -0.05) is 19.9 Å². The Morgan fingerprint density at radius 2 is 1.89 bits per heavy atom. The minimum absolute atomic E-state index is 0.0613. The number of carbonyl (C=O) groups is 2. The molecule has 1 aromatic carbocycles. The van der Waals surface area contributed by atoms with Gasteiger partial charge in [-0.05, 0) is 18.2 Å². The Labute approximate surface area is 107 Å². The van der Waals surface area contributed by atoms with Crippen molar-refractivity contribution < 1.29 is 9.59 Å².